The zero-order valence-electron chi connectivity index (χ0n) is 16.3. The van der Waals surface area contributed by atoms with Crippen LogP contribution in [-0.2, 0) is 14.8 Å². The topological polar surface area (TPSA) is 87.2 Å². The van der Waals surface area contributed by atoms with Gasteiger partial charge in [0.2, 0.25) is 15.9 Å². The highest BCUT2D eigenvalue weighted by atomic mass is 32.2. The van der Waals surface area contributed by atoms with E-state index >= 15 is 0 Å². The van der Waals surface area contributed by atoms with Crippen LogP contribution in [0.1, 0.15) is 38.5 Å². The standard InChI is InChI=1S/C19H30N2O5S/c1-20(15-9-4-6-11-17(15)22)19(23)13-8-14-21(27(3,24)25)16-10-5-7-12-18(16)26-2/h5,7,10,12,15,17,22H,4,6,8-9,11,13-14H2,1-3H3/t15-,17-/m1/s1. The van der Waals surface area contributed by atoms with Gasteiger partial charge in [-0.25, -0.2) is 8.42 Å². The van der Waals surface area contributed by atoms with E-state index in [1.54, 1.807) is 36.2 Å². The number of para-hydroxylation sites is 2. The zero-order chi connectivity index (χ0) is 20.0. The lowest BCUT2D eigenvalue weighted by Gasteiger charge is -2.35. The number of nitrogens with zero attached hydrogens (tertiary/aromatic N) is 2. The third kappa shape index (κ3) is 5.59. The fourth-order valence-electron chi connectivity index (χ4n) is 3.58. The van der Waals surface area contributed by atoms with Gasteiger partial charge in [-0.3, -0.25) is 9.10 Å². The molecule has 0 spiro atoms. The quantitative estimate of drug-likeness (QED) is 0.724. The Labute approximate surface area is 162 Å². The molecule has 27 heavy (non-hydrogen) atoms. The number of likely N-dealkylation sites (N-methyl/N-ethyl adjacent to an activating group) is 1. The Balaban J connectivity index is 2.00. The smallest absolute Gasteiger partial charge is 0.232 e. The number of hydrogen-bond acceptors (Lipinski definition) is 5. The molecule has 152 valence electrons. The maximum absolute atomic E-state index is 12.5. The third-order valence-electron chi connectivity index (χ3n) is 5.09. The van der Waals surface area contributed by atoms with Gasteiger partial charge in [0.25, 0.3) is 0 Å². The van der Waals surface area contributed by atoms with Crippen molar-refractivity contribution in [3.8, 4) is 5.75 Å². The molecule has 1 amide bonds. The SMILES string of the molecule is COc1ccccc1N(CCCC(=O)N(C)[C@@H]1CCCC[C@H]1O)S(C)(=O)=O. The fourth-order valence-corrected chi connectivity index (χ4v) is 4.55. The largest absolute Gasteiger partial charge is 0.495 e. The first-order chi connectivity index (χ1) is 12.8. The molecule has 0 heterocycles. The second-order valence-corrected chi connectivity index (χ2v) is 8.94. The summed E-state index contributed by atoms with van der Waals surface area (Å²) in [5.74, 6) is 0.395. The Morgan fingerprint density at radius 3 is 2.56 bits per heavy atom. The van der Waals surface area contributed by atoms with Crippen LogP contribution in [0.4, 0.5) is 5.69 Å². The molecule has 0 bridgehead atoms. The molecule has 0 radical (unpaired) electrons. The van der Waals surface area contributed by atoms with Crippen molar-refractivity contribution in [1.29, 1.82) is 0 Å². The maximum atomic E-state index is 12.5. The number of amides is 1. The Bertz CT molecular complexity index is 737. The fraction of sp³-hybridized carbons (Fsp3) is 0.632. The van der Waals surface area contributed by atoms with Gasteiger partial charge in [0.1, 0.15) is 5.75 Å². The van der Waals surface area contributed by atoms with E-state index in [2.05, 4.69) is 0 Å². The molecule has 0 aromatic heterocycles. The van der Waals surface area contributed by atoms with Crippen LogP contribution >= 0.6 is 0 Å². The van der Waals surface area contributed by atoms with Crippen LogP contribution in [0.15, 0.2) is 24.3 Å². The Hall–Kier alpha value is -1.80. The minimum atomic E-state index is -3.51. The number of anilines is 1. The van der Waals surface area contributed by atoms with Crippen LogP contribution in [0.2, 0.25) is 0 Å². The second kappa shape index (κ2) is 9.41. The van der Waals surface area contributed by atoms with Gasteiger partial charge in [-0.15, -0.1) is 0 Å². The van der Waals surface area contributed by atoms with E-state index < -0.39 is 16.1 Å². The van der Waals surface area contributed by atoms with Crippen molar-refractivity contribution in [2.75, 3.05) is 31.3 Å². The van der Waals surface area contributed by atoms with Crippen LogP contribution < -0.4 is 9.04 Å². The summed E-state index contributed by atoms with van der Waals surface area (Å²) in [5.41, 5.74) is 0.464. The first-order valence-electron chi connectivity index (χ1n) is 9.30. The number of benzene rings is 1. The predicted molar refractivity (Wildman–Crippen MR) is 105 cm³/mol. The Kier molecular flexibility index (Phi) is 7.49. The van der Waals surface area contributed by atoms with Gasteiger partial charge in [0.05, 0.1) is 31.2 Å². The lowest BCUT2D eigenvalue weighted by molar-refractivity contribution is -0.135. The number of aliphatic hydroxyl groups excluding tert-OH is 1. The van der Waals surface area contributed by atoms with Crippen LogP contribution in [0, 0.1) is 0 Å². The van der Waals surface area contributed by atoms with Gasteiger partial charge < -0.3 is 14.7 Å². The molecule has 1 aromatic rings. The van der Waals surface area contributed by atoms with Gasteiger partial charge >= 0.3 is 0 Å². The van der Waals surface area contributed by atoms with E-state index in [4.69, 9.17) is 4.74 Å². The first kappa shape index (κ1) is 21.5. The average Bonchev–Trinajstić information content (AvgIpc) is 2.64. The van der Waals surface area contributed by atoms with Crippen molar-refractivity contribution >= 4 is 21.6 Å². The highest BCUT2D eigenvalue weighted by molar-refractivity contribution is 7.92. The normalized spacial score (nSPS) is 20.1. The number of carbonyl (C=O) groups is 1. The van der Waals surface area contributed by atoms with Gasteiger partial charge in [0, 0.05) is 20.0 Å². The summed E-state index contributed by atoms with van der Waals surface area (Å²) in [6, 6.07) is 6.77. The molecular formula is C19H30N2O5S. The monoisotopic (exact) mass is 398 g/mol. The minimum Gasteiger partial charge on any atom is -0.495 e. The molecule has 0 aliphatic heterocycles. The number of rotatable bonds is 8. The molecule has 2 atom stereocenters. The first-order valence-corrected chi connectivity index (χ1v) is 11.1. The van der Waals surface area contributed by atoms with Gasteiger partial charge in [-0.2, -0.15) is 0 Å². The molecule has 1 aromatic carbocycles. The van der Waals surface area contributed by atoms with E-state index in [9.17, 15) is 18.3 Å². The number of ether oxygens (including phenoxy) is 1. The van der Waals surface area contributed by atoms with E-state index in [0.717, 1.165) is 31.9 Å². The molecule has 1 saturated carbocycles. The van der Waals surface area contributed by atoms with Gasteiger partial charge in [-0.1, -0.05) is 25.0 Å². The number of sulfonamides is 1. The van der Waals surface area contributed by atoms with Crippen molar-refractivity contribution in [1.82, 2.24) is 4.90 Å². The van der Waals surface area contributed by atoms with Gasteiger partial charge in [0.15, 0.2) is 0 Å². The Morgan fingerprint density at radius 2 is 1.93 bits per heavy atom. The zero-order valence-corrected chi connectivity index (χ0v) is 17.1. The lowest BCUT2D eigenvalue weighted by Crippen LogP contribution is -2.46. The summed E-state index contributed by atoms with van der Waals surface area (Å²) in [4.78, 5) is 14.1. The van der Waals surface area contributed by atoms with Crippen molar-refractivity contribution in [2.45, 2.75) is 50.7 Å². The summed E-state index contributed by atoms with van der Waals surface area (Å²) in [5, 5.41) is 10.1. The van der Waals surface area contributed by atoms with Crippen LogP contribution in [0.5, 0.6) is 5.75 Å². The van der Waals surface area contributed by atoms with Crippen LogP contribution in [0.25, 0.3) is 0 Å². The average molecular weight is 399 g/mol. The highest BCUT2D eigenvalue weighted by Crippen LogP contribution is 2.30. The van der Waals surface area contributed by atoms with Crippen molar-refractivity contribution in [2.24, 2.45) is 0 Å². The van der Waals surface area contributed by atoms with Crippen molar-refractivity contribution < 1.29 is 23.1 Å². The summed E-state index contributed by atoms with van der Waals surface area (Å²) in [6.45, 7) is 0.187. The molecule has 0 saturated heterocycles. The molecule has 0 unspecified atom stereocenters. The molecule has 1 aliphatic carbocycles. The van der Waals surface area contributed by atoms with Crippen LogP contribution in [-0.4, -0.2) is 63.4 Å². The molecule has 2 rings (SSSR count). The van der Waals surface area contributed by atoms with Crippen molar-refractivity contribution in [3.63, 3.8) is 0 Å². The van der Waals surface area contributed by atoms with E-state index in [-0.39, 0.29) is 24.9 Å². The molecule has 1 fully saturated rings. The van der Waals surface area contributed by atoms with E-state index in [1.807, 2.05) is 0 Å². The number of carbonyl (C=O) groups excluding carboxylic acids is 1. The molecule has 1 N–H and O–H groups in total. The van der Waals surface area contributed by atoms with E-state index in [1.165, 1.54) is 11.4 Å². The van der Waals surface area contributed by atoms with Crippen LogP contribution in [0.3, 0.4) is 0 Å². The highest BCUT2D eigenvalue weighted by Gasteiger charge is 2.29. The predicted octanol–water partition coefficient (Wildman–Crippen LogP) is 2.00. The maximum Gasteiger partial charge on any atom is 0.232 e. The molecule has 1 aliphatic rings. The number of hydrogen-bond donors (Lipinski definition) is 1. The summed E-state index contributed by atoms with van der Waals surface area (Å²) >= 11 is 0. The van der Waals surface area contributed by atoms with E-state index in [0.29, 0.717) is 17.9 Å². The molecule has 8 heteroatoms. The lowest BCUT2D eigenvalue weighted by atomic mass is 9.91. The summed E-state index contributed by atoms with van der Waals surface area (Å²) in [6.07, 6.45) is 4.80. The number of aliphatic hydroxyl groups is 1. The summed E-state index contributed by atoms with van der Waals surface area (Å²) < 4.78 is 31.0. The number of methoxy groups -OCH3 is 1. The second-order valence-electron chi connectivity index (χ2n) is 7.03. The van der Waals surface area contributed by atoms with Crippen molar-refractivity contribution in [3.05, 3.63) is 24.3 Å². The van der Waals surface area contributed by atoms with Gasteiger partial charge in [-0.05, 0) is 31.4 Å². The molecule has 7 nitrogen and oxygen atoms in total. The third-order valence-corrected chi connectivity index (χ3v) is 6.27. The minimum absolute atomic E-state index is 0.0746. The summed E-state index contributed by atoms with van der Waals surface area (Å²) in [7, 11) is -0.298. The molecular weight excluding hydrogens is 368 g/mol. The Morgan fingerprint density at radius 1 is 1.26 bits per heavy atom.